The number of likely N-dealkylation sites (tertiary alicyclic amines) is 1. The Bertz CT molecular complexity index is 747. The maximum atomic E-state index is 13.9. The fraction of sp³-hybridized carbons (Fsp3) is 0.526. The van der Waals surface area contributed by atoms with Gasteiger partial charge in [-0.05, 0) is 50.3 Å². The summed E-state index contributed by atoms with van der Waals surface area (Å²) in [6, 6.07) is 5.23. The molecular weight excluding hydrogens is 538 g/mol. The summed E-state index contributed by atoms with van der Waals surface area (Å²) in [4.78, 5) is 11.3. The number of aryl methyl sites for hydroxylation is 1. The molecule has 1 saturated heterocycles. The Labute approximate surface area is 190 Å². The fourth-order valence-corrected chi connectivity index (χ4v) is 3.71. The molecule has 28 heavy (non-hydrogen) atoms. The third-order valence-corrected chi connectivity index (χ3v) is 5.32. The Morgan fingerprint density at radius 1 is 1.39 bits per heavy atom. The second-order valence-corrected chi connectivity index (χ2v) is 7.62. The maximum Gasteiger partial charge on any atom is 0.193 e. The molecule has 0 aliphatic carbocycles. The smallest absolute Gasteiger partial charge is 0.193 e. The molecule has 0 atom stereocenters. The molecule has 1 aromatic heterocycles. The van der Waals surface area contributed by atoms with Gasteiger partial charge < -0.3 is 10.2 Å². The van der Waals surface area contributed by atoms with Crippen molar-refractivity contribution in [3.05, 3.63) is 46.2 Å². The number of aromatic amines is 1. The van der Waals surface area contributed by atoms with Crippen molar-refractivity contribution in [3.63, 3.8) is 0 Å². The van der Waals surface area contributed by atoms with Crippen molar-refractivity contribution in [2.24, 2.45) is 4.99 Å². The van der Waals surface area contributed by atoms with E-state index in [4.69, 9.17) is 4.99 Å². The molecule has 0 bridgehead atoms. The summed E-state index contributed by atoms with van der Waals surface area (Å²) in [5.74, 6) is 2.21. The number of nitrogens with zero attached hydrogens (tertiary/aromatic N) is 4. The van der Waals surface area contributed by atoms with Gasteiger partial charge in [0, 0.05) is 36.6 Å². The van der Waals surface area contributed by atoms with Crippen molar-refractivity contribution in [2.75, 3.05) is 26.2 Å². The highest BCUT2D eigenvalue weighted by Crippen LogP contribution is 2.25. The normalized spacial score (nSPS) is 15.4. The van der Waals surface area contributed by atoms with Crippen molar-refractivity contribution in [1.29, 1.82) is 0 Å². The van der Waals surface area contributed by atoms with Gasteiger partial charge in [0.05, 0.1) is 0 Å². The van der Waals surface area contributed by atoms with Crippen molar-refractivity contribution in [1.82, 2.24) is 25.4 Å². The molecule has 2 heterocycles. The SMILES string of the molecule is CCNC(=NCCCc1ccc(Br)cc1F)N1CCC(c2ncn[nH]2)CC1.I. The number of piperidine rings is 1. The van der Waals surface area contributed by atoms with Crippen LogP contribution in [0.2, 0.25) is 0 Å². The molecule has 1 aromatic carbocycles. The molecule has 1 aliphatic rings. The lowest BCUT2D eigenvalue weighted by molar-refractivity contribution is 0.299. The molecule has 0 saturated carbocycles. The zero-order chi connectivity index (χ0) is 19.1. The van der Waals surface area contributed by atoms with Crippen molar-refractivity contribution in [2.45, 2.75) is 38.5 Å². The first-order chi connectivity index (χ1) is 13.2. The first kappa shape index (κ1) is 23.1. The number of hydrogen-bond donors (Lipinski definition) is 2. The van der Waals surface area contributed by atoms with Gasteiger partial charge in [-0.1, -0.05) is 22.0 Å². The topological polar surface area (TPSA) is 69.2 Å². The van der Waals surface area contributed by atoms with E-state index in [-0.39, 0.29) is 29.8 Å². The van der Waals surface area contributed by atoms with E-state index in [0.29, 0.717) is 18.9 Å². The minimum atomic E-state index is -0.158. The van der Waals surface area contributed by atoms with Gasteiger partial charge in [-0.15, -0.1) is 24.0 Å². The molecule has 6 nitrogen and oxygen atoms in total. The third kappa shape index (κ3) is 6.40. The van der Waals surface area contributed by atoms with Crippen LogP contribution in [0.5, 0.6) is 0 Å². The van der Waals surface area contributed by atoms with Crippen LogP contribution < -0.4 is 5.32 Å². The first-order valence-corrected chi connectivity index (χ1v) is 10.3. The molecule has 1 aliphatic heterocycles. The predicted molar refractivity (Wildman–Crippen MR) is 124 cm³/mol. The van der Waals surface area contributed by atoms with Crippen molar-refractivity contribution >= 4 is 45.9 Å². The van der Waals surface area contributed by atoms with E-state index in [1.807, 2.05) is 12.1 Å². The molecule has 0 amide bonds. The van der Waals surface area contributed by atoms with E-state index >= 15 is 0 Å². The minimum Gasteiger partial charge on any atom is -0.357 e. The van der Waals surface area contributed by atoms with Crippen LogP contribution in [0.1, 0.15) is 43.5 Å². The zero-order valence-corrected chi connectivity index (χ0v) is 19.9. The molecule has 0 unspecified atom stereocenters. The van der Waals surface area contributed by atoms with Gasteiger partial charge in [-0.2, -0.15) is 5.10 Å². The van der Waals surface area contributed by atoms with Crippen LogP contribution in [0.3, 0.4) is 0 Å². The number of H-pyrrole nitrogens is 1. The van der Waals surface area contributed by atoms with Gasteiger partial charge in [-0.25, -0.2) is 9.37 Å². The number of guanidine groups is 1. The van der Waals surface area contributed by atoms with Crippen LogP contribution in [0.25, 0.3) is 0 Å². The molecule has 2 aromatic rings. The first-order valence-electron chi connectivity index (χ1n) is 9.49. The molecule has 3 rings (SSSR count). The van der Waals surface area contributed by atoms with Crippen LogP contribution in [0.4, 0.5) is 4.39 Å². The molecule has 1 fully saturated rings. The fourth-order valence-electron chi connectivity index (χ4n) is 3.38. The third-order valence-electron chi connectivity index (χ3n) is 4.83. The Kier molecular flexibility index (Phi) is 9.63. The largest absolute Gasteiger partial charge is 0.357 e. The lowest BCUT2D eigenvalue weighted by atomic mass is 9.96. The van der Waals surface area contributed by atoms with Gasteiger partial charge in [0.15, 0.2) is 5.96 Å². The minimum absolute atomic E-state index is 0. The molecular formula is C19H27BrFIN6. The lowest BCUT2D eigenvalue weighted by Crippen LogP contribution is -2.45. The zero-order valence-electron chi connectivity index (χ0n) is 16.0. The van der Waals surface area contributed by atoms with E-state index in [1.54, 1.807) is 6.33 Å². The molecule has 2 N–H and O–H groups in total. The van der Waals surface area contributed by atoms with Gasteiger partial charge in [0.2, 0.25) is 0 Å². The summed E-state index contributed by atoms with van der Waals surface area (Å²) < 4.78 is 14.7. The number of hydrogen-bond acceptors (Lipinski definition) is 3. The number of aliphatic imine (C=N–C) groups is 1. The lowest BCUT2D eigenvalue weighted by Gasteiger charge is -2.33. The van der Waals surface area contributed by atoms with Gasteiger partial charge in [-0.3, -0.25) is 10.1 Å². The molecule has 154 valence electrons. The quantitative estimate of drug-likeness (QED) is 0.240. The summed E-state index contributed by atoms with van der Waals surface area (Å²) in [5.41, 5.74) is 0.742. The number of aromatic nitrogens is 3. The van der Waals surface area contributed by atoms with Crippen LogP contribution in [-0.4, -0.2) is 52.2 Å². The van der Waals surface area contributed by atoms with Crippen LogP contribution in [-0.2, 0) is 6.42 Å². The predicted octanol–water partition coefficient (Wildman–Crippen LogP) is 4.10. The Morgan fingerprint density at radius 2 is 2.18 bits per heavy atom. The number of rotatable bonds is 6. The highest BCUT2D eigenvalue weighted by molar-refractivity contribution is 14.0. The average molecular weight is 565 g/mol. The number of benzene rings is 1. The van der Waals surface area contributed by atoms with Gasteiger partial charge in [0.1, 0.15) is 18.0 Å². The van der Waals surface area contributed by atoms with Crippen LogP contribution >= 0.6 is 39.9 Å². The monoisotopic (exact) mass is 564 g/mol. The second kappa shape index (κ2) is 11.7. The highest BCUT2D eigenvalue weighted by Gasteiger charge is 2.24. The summed E-state index contributed by atoms with van der Waals surface area (Å²) in [6.45, 7) is 5.48. The summed E-state index contributed by atoms with van der Waals surface area (Å²) in [6.07, 6.45) is 5.15. The van der Waals surface area contributed by atoms with E-state index in [1.165, 1.54) is 6.07 Å². The van der Waals surface area contributed by atoms with Crippen LogP contribution in [0, 0.1) is 5.82 Å². The van der Waals surface area contributed by atoms with E-state index in [0.717, 1.165) is 60.7 Å². The van der Waals surface area contributed by atoms with Gasteiger partial charge >= 0.3 is 0 Å². The molecule has 0 spiro atoms. The maximum absolute atomic E-state index is 13.9. The van der Waals surface area contributed by atoms with Crippen LogP contribution in [0.15, 0.2) is 34.0 Å². The Balaban J connectivity index is 0.00000280. The Hall–Kier alpha value is -1.23. The highest BCUT2D eigenvalue weighted by atomic mass is 127. The Morgan fingerprint density at radius 3 is 2.82 bits per heavy atom. The molecule has 0 radical (unpaired) electrons. The second-order valence-electron chi connectivity index (χ2n) is 6.71. The van der Waals surface area contributed by atoms with Crippen molar-refractivity contribution in [3.8, 4) is 0 Å². The van der Waals surface area contributed by atoms with E-state index < -0.39 is 0 Å². The van der Waals surface area contributed by atoms with Gasteiger partial charge in [0.25, 0.3) is 0 Å². The van der Waals surface area contributed by atoms with E-state index in [2.05, 4.69) is 48.3 Å². The standard InChI is InChI=1S/C19H26BrFN6.HI/c1-2-22-19(23-9-3-4-14-5-6-16(20)12-17(14)21)27-10-7-15(8-11-27)18-24-13-25-26-18;/h5-6,12-13,15H,2-4,7-11H2,1H3,(H,22,23)(H,24,25,26);1H. The number of nitrogens with one attached hydrogen (secondary N) is 2. The summed E-state index contributed by atoms with van der Waals surface area (Å²) >= 11 is 3.29. The van der Waals surface area contributed by atoms with E-state index in [9.17, 15) is 4.39 Å². The summed E-state index contributed by atoms with van der Waals surface area (Å²) in [7, 11) is 0. The van der Waals surface area contributed by atoms with Crippen molar-refractivity contribution < 1.29 is 4.39 Å². The average Bonchev–Trinajstić information content (AvgIpc) is 3.21. The number of halogens is 3. The molecule has 9 heteroatoms. The summed E-state index contributed by atoms with van der Waals surface area (Å²) in [5, 5.41) is 10.3.